The lowest BCUT2D eigenvalue weighted by Crippen LogP contribution is -2.66. The zero-order valence-electron chi connectivity index (χ0n) is 26.9. The molecule has 0 N–H and O–H groups in total. The highest BCUT2D eigenvalue weighted by Crippen LogP contribution is 2.37. The Hall–Kier alpha value is -3.81. The maximum atomic E-state index is 12.3. The molecule has 18 nitrogen and oxygen atoms in total. The third-order valence-corrected chi connectivity index (χ3v) is 7.11. The summed E-state index contributed by atoms with van der Waals surface area (Å²) in [7, 11) is 0. The van der Waals surface area contributed by atoms with Crippen molar-refractivity contribution < 1.29 is 85.7 Å². The SMILES string of the molecule is CC(=O)OCC1OC(OC2C(COC(C)=O)OC(SC(C)=O)C(OC(C)=O)C2OC(C)=O)C(OC(C)=O)C(OC(C)=O)C1OC(C)=O. The molecule has 0 aliphatic carbocycles. The molecule has 0 spiro atoms. The molecule has 2 saturated heterocycles. The molecule has 10 atom stereocenters. The molecule has 2 aliphatic heterocycles. The van der Waals surface area contributed by atoms with E-state index >= 15 is 0 Å². The van der Waals surface area contributed by atoms with E-state index in [-0.39, 0.29) is 0 Å². The van der Waals surface area contributed by atoms with Gasteiger partial charge in [0, 0.05) is 55.4 Å². The smallest absolute Gasteiger partial charge is 0.303 e. The molecule has 2 fully saturated rings. The summed E-state index contributed by atoms with van der Waals surface area (Å²) < 4.78 is 55.5. The molecular formula is C28H38O18S. The van der Waals surface area contributed by atoms with Gasteiger partial charge in [0.2, 0.25) is 0 Å². The lowest BCUT2D eigenvalue weighted by molar-refractivity contribution is -0.341. The van der Waals surface area contributed by atoms with E-state index in [1.165, 1.54) is 6.92 Å². The molecule has 19 heteroatoms. The lowest BCUT2D eigenvalue weighted by Gasteiger charge is -2.48. The molecule has 0 aromatic heterocycles. The van der Waals surface area contributed by atoms with Crippen LogP contribution in [0.5, 0.6) is 0 Å². The minimum Gasteiger partial charge on any atom is -0.463 e. The highest BCUT2D eigenvalue weighted by Gasteiger charge is 2.57. The van der Waals surface area contributed by atoms with Crippen LogP contribution in [0.25, 0.3) is 0 Å². The molecule has 2 heterocycles. The largest absolute Gasteiger partial charge is 0.463 e. The van der Waals surface area contributed by atoms with Crippen molar-refractivity contribution in [3.8, 4) is 0 Å². The molecule has 0 amide bonds. The van der Waals surface area contributed by atoms with Crippen molar-refractivity contribution in [2.75, 3.05) is 13.2 Å². The van der Waals surface area contributed by atoms with Crippen LogP contribution in [0, 0.1) is 0 Å². The molecule has 0 aromatic carbocycles. The molecule has 0 saturated carbocycles. The number of hydrogen-bond donors (Lipinski definition) is 0. The summed E-state index contributed by atoms with van der Waals surface area (Å²) in [5.41, 5.74) is -1.29. The Morgan fingerprint density at radius 1 is 0.468 bits per heavy atom. The fourth-order valence-corrected chi connectivity index (χ4v) is 5.60. The number of carbonyl (C=O) groups excluding carboxylic acids is 8. The summed E-state index contributed by atoms with van der Waals surface area (Å²) in [5.74, 6) is -5.93. The summed E-state index contributed by atoms with van der Waals surface area (Å²) in [6, 6.07) is 0. The first-order valence-corrected chi connectivity index (χ1v) is 15.0. The van der Waals surface area contributed by atoms with E-state index in [9.17, 15) is 38.4 Å². The van der Waals surface area contributed by atoms with Crippen molar-refractivity contribution in [2.45, 2.75) is 116 Å². The molecule has 47 heavy (non-hydrogen) atoms. The van der Waals surface area contributed by atoms with E-state index in [4.69, 9.17) is 47.4 Å². The molecule has 0 aromatic rings. The van der Waals surface area contributed by atoms with Gasteiger partial charge in [-0.25, -0.2) is 0 Å². The number of hydrogen-bond acceptors (Lipinski definition) is 19. The Kier molecular flexibility index (Phi) is 15.0. The Morgan fingerprint density at radius 3 is 1.28 bits per heavy atom. The van der Waals surface area contributed by atoms with Crippen molar-refractivity contribution in [3.05, 3.63) is 0 Å². The number of ether oxygens (including phenoxy) is 10. The lowest BCUT2D eigenvalue weighted by atomic mass is 9.96. The molecule has 0 bridgehead atoms. The predicted molar refractivity (Wildman–Crippen MR) is 152 cm³/mol. The van der Waals surface area contributed by atoms with E-state index in [1.807, 2.05) is 0 Å². The second kappa shape index (κ2) is 17.9. The Balaban J connectivity index is 2.73. The number of carbonyl (C=O) groups is 8. The highest BCUT2D eigenvalue weighted by molar-refractivity contribution is 8.14. The summed E-state index contributed by atoms with van der Waals surface area (Å²) in [4.78, 5) is 96.6. The van der Waals surface area contributed by atoms with Crippen molar-refractivity contribution in [2.24, 2.45) is 0 Å². The van der Waals surface area contributed by atoms with Crippen LogP contribution in [0.2, 0.25) is 0 Å². The van der Waals surface area contributed by atoms with E-state index in [2.05, 4.69) is 0 Å². The van der Waals surface area contributed by atoms with Crippen LogP contribution in [0.4, 0.5) is 0 Å². The molecule has 2 aliphatic rings. The van der Waals surface area contributed by atoms with Gasteiger partial charge in [-0.15, -0.1) is 0 Å². The van der Waals surface area contributed by atoms with Crippen LogP contribution >= 0.6 is 11.8 Å². The van der Waals surface area contributed by atoms with Gasteiger partial charge in [0.1, 0.15) is 31.5 Å². The van der Waals surface area contributed by atoms with Crippen molar-refractivity contribution >= 4 is 58.7 Å². The second-order valence-electron chi connectivity index (χ2n) is 10.3. The van der Waals surface area contributed by atoms with Gasteiger partial charge in [-0.05, 0) is 0 Å². The van der Waals surface area contributed by atoms with E-state index in [1.54, 1.807) is 0 Å². The quantitative estimate of drug-likeness (QED) is 0.192. The normalized spacial score (nSPS) is 30.1. The van der Waals surface area contributed by atoms with Gasteiger partial charge in [0.05, 0.1) is 0 Å². The van der Waals surface area contributed by atoms with Crippen LogP contribution in [-0.2, 0) is 85.7 Å². The van der Waals surface area contributed by atoms with Crippen molar-refractivity contribution in [1.82, 2.24) is 0 Å². The first-order chi connectivity index (χ1) is 21.9. The highest BCUT2D eigenvalue weighted by atomic mass is 32.2. The van der Waals surface area contributed by atoms with Gasteiger partial charge in [0.15, 0.2) is 47.4 Å². The third-order valence-electron chi connectivity index (χ3n) is 6.17. The molecule has 0 radical (unpaired) electrons. The summed E-state index contributed by atoms with van der Waals surface area (Å²) in [5, 5.41) is -0.473. The number of esters is 7. The first-order valence-electron chi connectivity index (χ1n) is 14.2. The summed E-state index contributed by atoms with van der Waals surface area (Å²) >= 11 is 0.594. The van der Waals surface area contributed by atoms with Gasteiger partial charge in [-0.1, -0.05) is 11.8 Å². The fourth-order valence-electron chi connectivity index (χ4n) is 4.73. The van der Waals surface area contributed by atoms with Gasteiger partial charge in [-0.3, -0.25) is 38.4 Å². The minimum absolute atomic E-state index is 0.473. The Bertz CT molecular complexity index is 1200. The van der Waals surface area contributed by atoms with Gasteiger partial charge < -0.3 is 47.4 Å². The monoisotopic (exact) mass is 694 g/mol. The van der Waals surface area contributed by atoms with Crippen LogP contribution in [0.1, 0.15) is 55.4 Å². The minimum atomic E-state index is -1.79. The van der Waals surface area contributed by atoms with E-state index in [0.717, 1.165) is 48.5 Å². The summed E-state index contributed by atoms with van der Waals surface area (Å²) in [6.07, 6.45) is -14.0. The topological polar surface area (TPSA) is 229 Å². The molecule has 10 unspecified atom stereocenters. The van der Waals surface area contributed by atoms with Crippen molar-refractivity contribution in [1.29, 1.82) is 0 Å². The average Bonchev–Trinajstić information content (AvgIpc) is 2.91. The Morgan fingerprint density at radius 2 is 0.851 bits per heavy atom. The fraction of sp³-hybridized carbons (Fsp3) is 0.714. The zero-order chi connectivity index (χ0) is 35.6. The zero-order valence-corrected chi connectivity index (χ0v) is 27.8. The maximum absolute atomic E-state index is 12.3. The van der Waals surface area contributed by atoms with Gasteiger partial charge >= 0.3 is 41.8 Å². The number of thioether (sulfide) groups is 1. The molecular weight excluding hydrogens is 656 g/mol. The van der Waals surface area contributed by atoms with Crippen LogP contribution in [0.3, 0.4) is 0 Å². The first kappa shape index (κ1) is 39.4. The van der Waals surface area contributed by atoms with Crippen LogP contribution < -0.4 is 0 Å². The molecule has 264 valence electrons. The average molecular weight is 695 g/mol. The standard InChI is InChI=1S/C28H38O18S/c1-11(29)37-9-19-21(39-13(3)31)23(40-14(4)32)25(42-16(6)34)27(44-19)46-22-20(10-38-12(2)30)45-28(47-18(8)36)26(43-17(7)35)24(22)41-15(5)33/h19-28H,9-10H2,1-8H3. The number of rotatable bonds is 12. The molecule has 2 rings (SSSR count). The van der Waals surface area contributed by atoms with Gasteiger partial charge in [-0.2, -0.15) is 0 Å². The summed E-state index contributed by atoms with van der Waals surface area (Å²) in [6.45, 7) is 7.47. The van der Waals surface area contributed by atoms with Crippen LogP contribution in [-0.4, -0.2) is 121 Å². The van der Waals surface area contributed by atoms with Crippen molar-refractivity contribution in [3.63, 3.8) is 0 Å². The second-order valence-corrected chi connectivity index (χ2v) is 11.5. The predicted octanol–water partition coefficient (Wildman–Crippen LogP) is -0.114. The van der Waals surface area contributed by atoms with E-state index < -0.39 is 121 Å². The van der Waals surface area contributed by atoms with Gasteiger partial charge in [0.25, 0.3) is 0 Å². The van der Waals surface area contributed by atoms with Crippen LogP contribution in [0.15, 0.2) is 0 Å². The third kappa shape index (κ3) is 12.4. The Labute approximate surface area is 273 Å². The van der Waals surface area contributed by atoms with E-state index in [0.29, 0.717) is 11.8 Å². The maximum Gasteiger partial charge on any atom is 0.303 e.